The third kappa shape index (κ3) is 5.11. The zero-order chi connectivity index (χ0) is 21.9. The van der Waals surface area contributed by atoms with E-state index in [1.165, 1.54) is 7.11 Å². The summed E-state index contributed by atoms with van der Waals surface area (Å²) in [7, 11) is 1.51. The summed E-state index contributed by atoms with van der Waals surface area (Å²) in [6, 6.07) is 15.0. The Kier molecular flexibility index (Phi) is 6.01. The van der Waals surface area contributed by atoms with E-state index < -0.39 is 11.7 Å². The van der Waals surface area contributed by atoms with Crippen LogP contribution in [-0.2, 0) is 16.1 Å². The number of nitrogens with one attached hydrogen (secondary N) is 2. The van der Waals surface area contributed by atoms with E-state index in [1.54, 1.807) is 39.0 Å². The number of rotatable bonds is 5. The summed E-state index contributed by atoms with van der Waals surface area (Å²) in [6.45, 7) is 7.51. The van der Waals surface area contributed by atoms with Crippen LogP contribution in [0.25, 0.3) is 10.9 Å². The number of hydrogen-bond acceptors (Lipinski definition) is 4. The molecular weight excluding hydrogens is 382 g/mol. The molecule has 0 spiro atoms. The first kappa shape index (κ1) is 21.2. The summed E-state index contributed by atoms with van der Waals surface area (Å²) in [5, 5.41) is 6.64. The molecule has 0 saturated carbocycles. The average Bonchev–Trinajstić information content (AvgIpc) is 2.96. The monoisotopic (exact) mass is 409 g/mol. The maximum absolute atomic E-state index is 12.7. The van der Waals surface area contributed by atoms with Crippen LogP contribution in [0.4, 0.5) is 16.2 Å². The van der Waals surface area contributed by atoms with Gasteiger partial charge in [-0.1, -0.05) is 18.2 Å². The molecule has 0 fully saturated rings. The number of carbonyl (C=O) groups excluding carboxylic acids is 2. The summed E-state index contributed by atoms with van der Waals surface area (Å²) >= 11 is 0. The van der Waals surface area contributed by atoms with E-state index in [0.717, 1.165) is 16.6 Å². The normalized spacial score (nSPS) is 11.2. The maximum atomic E-state index is 12.7. The minimum atomic E-state index is -0.624. The number of aromatic nitrogens is 1. The number of methoxy groups -OCH3 is 1. The van der Waals surface area contributed by atoms with Gasteiger partial charge in [-0.15, -0.1) is 0 Å². The van der Waals surface area contributed by atoms with Crippen LogP contribution in [0.15, 0.2) is 48.5 Å². The van der Waals surface area contributed by atoms with Gasteiger partial charge in [0.2, 0.25) is 5.91 Å². The van der Waals surface area contributed by atoms with E-state index in [4.69, 9.17) is 9.47 Å². The van der Waals surface area contributed by atoms with Crippen molar-refractivity contribution in [2.45, 2.75) is 39.8 Å². The highest BCUT2D eigenvalue weighted by atomic mass is 16.6. The number of carbonyl (C=O) groups is 2. The Hall–Kier alpha value is -3.48. The van der Waals surface area contributed by atoms with Crippen molar-refractivity contribution in [3.05, 3.63) is 54.2 Å². The molecular formula is C23H27N3O4. The zero-order valence-electron chi connectivity index (χ0n) is 17.9. The second kappa shape index (κ2) is 8.49. The molecule has 0 bridgehead atoms. The van der Waals surface area contributed by atoms with Gasteiger partial charge in [0.05, 0.1) is 12.8 Å². The lowest BCUT2D eigenvalue weighted by molar-refractivity contribution is -0.116. The fraction of sp³-hybridized carbons (Fsp3) is 0.304. The van der Waals surface area contributed by atoms with Crippen LogP contribution in [-0.4, -0.2) is 29.3 Å². The molecule has 158 valence electrons. The maximum Gasteiger partial charge on any atom is 0.412 e. The SMILES string of the molecule is COc1ccc(NC(=O)Cn2c(C)cc3ccccc32)cc1NC(=O)OC(C)(C)C. The van der Waals surface area contributed by atoms with Gasteiger partial charge in [0, 0.05) is 16.9 Å². The van der Waals surface area contributed by atoms with Gasteiger partial charge in [-0.2, -0.15) is 0 Å². The molecule has 7 nitrogen and oxygen atoms in total. The summed E-state index contributed by atoms with van der Waals surface area (Å²) in [5.41, 5.74) is 2.34. The molecule has 0 unspecified atom stereocenters. The summed E-state index contributed by atoms with van der Waals surface area (Å²) in [6.07, 6.45) is -0.598. The van der Waals surface area contributed by atoms with Crippen LogP contribution in [0.3, 0.4) is 0 Å². The van der Waals surface area contributed by atoms with E-state index in [1.807, 2.05) is 35.8 Å². The smallest absolute Gasteiger partial charge is 0.412 e. The Morgan fingerprint density at radius 2 is 1.77 bits per heavy atom. The van der Waals surface area contributed by atoms with Crippen molar-refractivity contribution in [2.24, 2.45) is 0 Å². The highest BCUT2D eigenvalue weighted by Gasteiger charge is 2.18. The van der Waals surface area contributed by atoms with Gasteiger partial charge in [0.1, 0.15) is 17.9 Å². The number of benzene rings is 2. The Balaban J connectivity index is 1.75. The topological polar surface area (TPSA) is 81.6 Å². The van der Waals surface area contributed by atoms with Gasteiger partial charge in [-0.25, -0.2) is 4.79 Å². The fourth-order valence-electron chi connectivity index (χ4n) is 3.20. The molecule has 1 aromatic heterocycles. The molecule has 0 aliphatic rings. The zero-order valence-corrected chi connectivity index (χ0v) is 17.9. The number of hydrogen-bond donors (Lipinski definition) is 2. The molecule has 1 heterocycles. The summed E-state index contributed by atoms with van der Waals surface area (Å²) in [5.74, 6) is 0.291. The first-order valence-electron chi connectivity index (χ1n) is 9.69. The molecule has 30 heavy (non-hydrogen) atoms. The number of para-hydroxylation sites is 1. The number of ether oxygens (including phenoxy) is 2. The van der Waals surface area contributed by atoms with E-state index in [2.05, 4.69) is 16.7 Å². The van der Waals surface area contributed by atoms with Crippen LogP contribution in [0.2, 0.25) is 0 Å². The van der Waals surface area contributed by atoms with Crippen LogP contribution in [0.5, 0.6) is 5.75 Å². The molecule has 0 aliphatic carbocycles. The molecule has 3 aromatic rings. The van der Waals surface area contributed by atoms with Crippen LogP contribution in [0, 0.1) is 6.92 Å². The van der Waals surface area contributed by atoms with E-state index in [-0.39, 0.29) is 12.5 Å². The molecule has 0 aliphatic heterocycles. The number of amides is 2. The fourth-order valence-corrected chi connectivity index (χ4v) is 3.20. The van der Waals surface area contributed by atoms with Crippen molar-refractivity contribution < 1.29 is 19.1 Å². The van der Waals surface area contributed by atoms with Crippen LogP contribution < -0.4 is 15.4 Å². The molecule has 7 heteroatoms. The molecule has 3 rings (SSSR count). The lowest BCUT2D eigenvalue weighted by atomic mass is 10.2. The van der Waals surface area contributed by atoms with E-state index in [0.29, 0.717) is 17.1 Å². The Morgan fingerprint density at radius 3 is 2.47 bits per heavy atom. The quantitative estimate of drug-likeness (QED) is 0.625. The summed E-state index contributed by atoms with van der Waals surface area (Å²) < 4.78 is 12.6. The molecule has 2 amide bonds. The second-order valence-corrected chi connectivity index (χ2v) is 8.02. The van der Waals surface area contributed by atoms with Crippen molar-refractivity contribution in [3.8, 4) is 5.75 Å². The lowest BCUT2D eigenvalue weighted by Gasteiger charge is -2.20. The number of fused-ring (bicyclic) bond motifs is 1. The third-order valence-electron chi connectivity index (χ3n) is 4.44. The Labute approximate surface area is 176 Å². The predicted octanol–water partition coefficient (Wildman–Crippen LogP) is 4.94. The molecule has 2 aromatic carbocycles. The van der Waals surface area contributed by atoms with Gasteiger partial charge >= 0.3 is 6.09 Å². The summed E-state index contributed by atoms with van der Waals surface area (Å²) in [4.78, 5) is 24.8. The van der Waals surface area contributed by atoms with Gasteiger partial charge in [0.15, 0.2) is 0 Å². The van der Waals surface area contributed by atoms with Crippen molar-refractivity contribution >= 4 is 34.3 Å². The number of anilines is 2. The standard InChI is InChI=1S/C23H27N3O4/c1-15-12-16-8-6-7-9-19(16)26(15)14-21(27)24-17-10-11-20(29-5)18(13-17)25-22(28)30-23(2,3)4/h6-13H,14H2,1-5H3,(H,24,27)(H,25,28). The first-order chi connectivity index (χ1) is 14.2. The Morgan fingerprint density at radius 1 is 1.03 bits per heavy atom. The number of aryl methyl sites for hydroxylation is 1. The largest absolute Gasteiger partial charge is 0.495 e. The average molecular weight is 409 g/mol. The van der Waals surface area contributed by atoms with E-state index >= 15 is 0 Å². The predicted molar refractivity (Wildman–Crippen MR) is 118 cm³/mol. The highest BCUT2D eigenvalue weighted by molar-refractivity contribution is 5.94. The van der Waals surface area contributed by atoms with Crippen molar-refractivity contribution in [1.29, 1.82) is 0 Å². The lowest BCUT2D eigenvalue weighted by Crippen LogP contribution is -2.27. The second-order valence-electron chi connectivity index (χ2n) is 8.02. The molecule has 0 radical (unpaired) electrons. The van der Waals surface area contributed by atoms with Gasteiger partial charge in [-0.3, -0.25) is 10.1 Å². The molecule has 0 saturated heterocycles. The van der Waals surface area contributed by atoms with Gasteiger partial charge in [0.25, 0.3) is 0 Å². The van der Waals surface area contributed by atoms with Crippen molar-refractivity contribution in [3.63, 3.8) is 0 Å². The Bertz CT molecular complexity index is 1080. The first-order valence-corrected chi connectivity index (χ1v) is 9.69. The van der Waals surface area contributed by atoms with Crippen molar-refractivity contribution in [1.82, 2.24) is 4.57 Å². The number of nitrogens with zero attached hydrogens (tertiary/aromatic N) is 1. The van der Waals surface area contributed by atoms with Gasteiger partial charge in [-0.05, 0) is 63.4 Å². The van der Waals surface area contributed by atoms with Crippen molar-refractivity contribution in [2.75, 3.05) is 17.7 Å². The van der Waals surface area contributed by atoms with Crippen LogP contribution in [0.1, 0.15) is 26.5 Å². The highest BCUT2D eigenvalue weighted by Crippen LogP contribution is 2.28. The van der Waals surface area contributed by atoms with E-state index in [9.17, 15) is 9.59 Å². The minimum absolute atomic E-state index is 0.173. The molecule has 0 atom stereocenters. The van der Waals surface area contributed by atoms with Gasteiger partial charge < -0.3 is 19.4 Å². The third-order valence-corrected chi connectivity index (χ3v) is 4.44. The molecule has 2 N–H and O–H groups in total. The minimum Gasteiger partial charge on any atom is -0.495 e. The van der Waals surface area contributed by atoms with Crippen LogP contribution >= 0.6 is 0 Å².